The minimum absolute atomic E-state index is 0. The molecule has 0 aliphatic carbocycles. The van der Waals surface area contributed by atoms with Crippen molar-refractivity contribution in [2.75, 3.05) is 5.32 Å². The first-order valence-corrected chi connectivity index (χ1v) is 10.9. The molecule has 4 rings (SSSR count). The predicted molar refractivity (Wildman–Crippen MR) is 122 cm³/mol. The quantitative estimate of drug-likeness (QED) is 0.525. The van der Waals surface area contributed by atoms with E-state index in [1.807, 2.05) is 60.7 Å². The maximum absolute atomic E-state index is 12.5. The van der Waals surface area contributed by atoms with Gasteiger partial charge in [0.15, 0.2) is 0 Å². The number of halogens is 1. The topological polar surface area (TPSA) is 117 Å². The lowest BCUT2D eigenvalue weighted by molar-refractivity contribution is 0.203. The molecule has 0 saturated carbocycles. The fourth-order valence-electron chi connectivity index (χ4n) is 3.39. The Kier molecular flexibility index (Phi) is 6.91. The largest absolute Gasteiger partial charge is 0.323 e. The van der Waals surface area contributed by atoms with Crippen molar-refractivity contribution in [2.24, 2.45) is 5.14 Å². The van der Waals surface area contributed by atoms with Gasteiger partial charge in [-0.1, -0.05) is 54.6 Å². The first-order chi connectivity index (χ1) is 14.4. The molecule has 8 nitrogen and oxygen atoms in total. The summed E-state index contributed by atoms with van der Waals surface area (Å²) in [7, 11) is -3.74. The monoisotopic (exact) mass is 459 g/mol. The van der Waals surface area contributed by atoms with Crippen molar-refractivity contribution < 1.29 is 13.2 Å². The number of urea groups is 1. The summed E-state index contributed by atoms with van der Waals surface area (Å²) in [5.41, 5.74) is 4.68. The zero-order chi connectivity index (χ0) is 21.1. The van der Waals surface area contributed by atoms with Gasteiger partial charge in [0, 0.05) is 24.8 Å². The molecular weight excluding hydrogens is 438 g/mol. The summed E-state index contributed by atoms with van der Waals surface area (Å²) in [5.74, 6) is 0.557. The molecule has 10 heteroatoms. The number of hydrogen-bond acceptors (Lipinski definition) is 4. The number of pyridine rings is 1. The lowest BCUT2D eigenvalue weighted by atomic mass is 9.98. The number of hydrogen-bond donors (Lipinski definition) is 3. The average molecular weight is 460 g/mol. The molecule has 0 saturated heterocycles. The van der Waals surface area contributed by atoms with Crippen LogP contribution in [0.15, 0.2) is 66.9 Å². The van der Waals surface area contributed by atoms with Gasteiger partial charge in [-0.25, -0.2) is 14.9 Å². The molecule has 2 amide bonds. The molecule has 1 aliphatic heterocycles. The molecule has 0 unspecified atom stereocenters. The Labute approximate surface area is 187 Å². The van der Waals surface area contributed by atoms with Crippen molar-refractivity contribution >= 4 is 34.5 Å². The number of fused-ring (bicyclic) bond motifs is 1. The first kappa shape index (κ1) is 22.7. The van der Waals surface area contributed by atoms with Gasteiger partial charge in [0.2, 0.25) is 0 Å². The maximum atomic E-state index is 12.5. The zero-order valence-corrected chi connectivity index (χ0v) is 18.1. The SMILES string of the molecule is Cl.NS(=O)(=O)NCc1ccc(-c2ccnc3c2CN(Cc2ccccc2)C(=O)N3)cc1. The van der Waals surface area contributed by atoms with E-state index in [1.54, 1.807) is 11.1 Å². The van der Waals surface area contributed by atoms with Crippen molar-refractivity contribution in [3.63, 3.8) is 0 Å². The molecule has 0 radical (unpaired) electrons. The van der Waals surface area contributed by atoms with Crippen molar-refractivity contribution in [1.29, 1.82) is 0 Å². The second kappa shape index (κ2) is 9.44. The van der Waals surface area contributed by atoms with Crippen molar-refractivity contribution in [1.82, 2.24) is 14.6 Å². The number of amides is 2. The van der Waals surface area contributed by atoms with Gasteiger partial charge in [0.1, 0.15) is 5.82 Å². The third-order valence-electron chi connectivity index (χ3n) is 4.88. The van der Waals surface area contributed by atoms with E-state index in [0.717, 1.165) is 27.8 Å². The maximum Gasteiger partial charge on any atom is 0.323 e. The van der Waals surface area contributed by atoms with Gasteiger partial charge in [-0.15, -0.1) is 12.4 Å². The molecule has 2 heterocycles. The zero-order valence-electron chi connectivity index (χ0n) is 16.5. The number of nitrogens with two attached hydrogens (primary N) is 1. The number of carbonyl (C=O) groups excluding carboxylic acids is 1. The predicted octanol–water partition coefficient (Wildman–Crippen LogP) is 3.01. The van der Waals surface area contributed by atoms with Crippen LogP contribution in [-0.2, 0) is 29.8 Å². The lowest BCUT2D eigenvalue weighted by Crippen LogP contribution is -2.38. The smallest absolute Gasteiger partial charge is 0.316 e. The molecule has 0 bridgehead atoms. The molecule has 2 aromatic carbocycles. The van der Waals surface area contributed by atoms with Crippen molar-refractivity contribution in [3.8, 4) is 11.1 Å². The third kappa shape index (κ3) is 5.59. The van der Waals surface area contributed by atoms with E-state index in [9.17, 15) is 13.2 Å². The molecule has 4 N–H and O–H groups in total. The van der Waals surface area contributed by atoms with E-state index in [-0.39, 0.29) is 25.0 Å². The fraction of sp³-hybridized carbons (Fsp3) is 0.143. The second-order valence-electron chi connectivity index (χ2n) is 7.02. The van der Waals surface area contributed by atoms with E-state index in [4.69, 9.17) is 5.14 Å². The van der Waals surface area contributed by atoms with Crippen LogP contribution in [0, 0.1) is 0 Å². The number of aromatic nitrogens is 1. The number of rotatable bonds is 6. The van der Waals surface area contributed by atoms with Crippen LogP contribution in [0.2, 0.25) is 0 Å². The highest BCUT2D eigenvalue weighted by molar-refractivity contribution is 7.87. The molecule has 31 heavy (non-hydrogen) atoms. The Balaban J connectivity index is 0.00000272. The van der Waals surface area contributed by atoms with Gasteiger partial charge < -0.3 is 4.90 Å². The summed E-state index contributed by atoms with van der Waals surface area (Å²) in [4.78, 5) is 18.6. The number of anilines is 1. The summed E-state index contributed by atoms with van der Waals surface area (Å²) in [6, 6.07) is 19.0. The molecular formula is C21H22ClN5O3S. The highest BCUT2D eigenvalue weighted by atomic mass is 35.5. The van der Waals surface area contributed by atoms with Gasteiger partial charge in [-0.2, -0.15) is 13.1 Å². The molecule has 0 fully saturated rings. The van der Waals surface area contributed by atoms with Crippen LogP contribution in [0.4, 0.5) is 10.6 Å². The van der Waals surface area contributed by atoms with E-state index in [1.165, 1.54) is 0 Å². The van der Waals surface area contributed by atoms with Crippen molar-refractivity contribution in [2.45, 2.75) is 19.6 Å². The summed E-state index contributed by atoms with van der Waals surface area (Å²) < 4.78 is 24.4. The van der Waals surface area contributed by atoms with E-state index in [2.05, 4.69) is 15.0 Å². The van der Waals surface area contributed by atoms with Gasteiger partial charge in [0.25, 0.3) is 10.2 Å². The van der Waals surface area contributed by atoms with Gasteiger partial charge in [-0.05, 0) is 28.3 Å². The van der Waals surface area contributed by atoms with E-state index in [0.29, 0.717) is 18.9 Å². The minimum atomic E-state index is -3.74. The minimum Gasteiger partial charge on any atom is -0.316 e. The summed E-state index contributed by atoms with van der Waals surface area (Å²) in [6.07, 6.45) is 1.66. The number of nitrogens with zero attached hydrogens (tertiary/aromatic N) is 2. The number of nitrogens with one attached hydrogen (secondary N) is 2. The summed E-state index contributed by atoms with van der Waals surface area (Å²) in [5, 5.41) is 7.85. The van der Waals surface area contributed by atoms with Crippen LogP contribution in [-0.4, -0.2) is 24.3 Å². The standard InChI is InChI=1S/C21H21N5O3S.ClH/c22-30(28,29)24-12-15-6-8-17(9-7-15)18-10-11-23-20-19(18)14-26(21(27)25-20)13-16-4-2-1-3-5-16;/h1-11,24H,12-14H2,(H2,22,28,29)(H,23,25,27);1H. The Morgan fingerprint density at radius 1 is 1.03 bits per heavy atom. The Morgan fingerprint density at radius 3 is 2.42 bits per heavy atom. The Bertz CT molecular complexity index is 1170. The fourth-order valence-corrected chi connectivity index (χ4v) is 3.76. The van der Waals surface area contributed by atoms with Crippen LogP contribution in [0.25, 0.3) is 11.1 Å². The molecule has 1 aliphatic rings. The highest BCUT2D eigenvalue weighted by Crippen LogP contribution is 2.32. The van der Waals surface area contributed by atoms with Crippen LogP contribution >= 0.6 is 12.4 Å². The van der Waals surface area contributed by atoms with Gasteiger partial charge in [-0.3, -0.25) is 5.32 Å². The highest BCUT2D eigenvalue weighted by Gasteiger charge is 2.26. The second-order valence-corrected chi connectivity index (χ2v) is 8.40. The molecule has 0 atom stereocenters. The number of benzene rings is 2. The molecule has 3 aromatic rings. The lowest BCUT2D eigenvalue weighted by Gasteiger charge is -2.30. The van der Waals surface area contributed by atoms with Crippen LogP contribution in [0.1, 0.15) is 16.7 Å². The molecule has 162 valence electrons. The first-order valence-electron chi connectivity index (χ1n) is 9.33. The summed E-state index contributed by atoms with van der Waals surface area (Å²) >= 11 is 0. The van der Waals surface area contributed by atoms with Crippen LogP contribution < -0.4 is 15.2 Å². The third-order valence-corrected chi connectivity index (χ3v) is 5.42. The van der Waals surface area contributed by atoms with E-state index >= 15 is 0 Å². The molecule has 0 spiro atoms. The van der Waals surface area contributed by atoms with E-state index < -0.39 is 10.2 Å². The van der Waals surface area contributed by atoms with Gasteiger partial charge >= 0.3 is 6.03 Å². The van der Waals surface area contributed by atoms with Crippen molar-refractivity contribution in [3.05, 3.63) is 83.6 Å². The Hall–Kier alpha value is -2.98. The molecule has 1 aromatic heterocycles. The Morgan fingerprint density at radius 2 is 1.74 bits per heavy atom. The average Bonchev–Trinajstić information content (AvgIpc) is 2.73. The van der Waals surface area contributed by atoms with Crippen LogP contribution in [0.3, 0.4) is 0 Å². The number of carbonyl (C=O) groups is 1. The van der Waals surface area contributed by atoms with Crippen LogP contribution in [0.5, 0.6) is 0 Å². The van der Waals surface area contributed by atoms with Gasteiger partial charge in [0.05, 0.1) is 6.54 Å². The normalized spacial score (nSPS) is 13.2. The summed E-state index contributed by atoms with van der Waals surface area (Å²) in [6.45, 7) is 1.06.